The van der Waals surface area contributed by atoms with Crippen LogP contribution in [0.25, 0.3) is 0 Å². The Hall–Kier alpha value is -2.11. The van der Waals surface area contributed by atoms with Crippen LogP contribution in [0, 0.1) is 0 Å². The molecule has 1 aromatic carbocycles. The zero-order chi connectivity index (χ0) is 17.0. The molecule has 1 saturated carbocycles. The van der Waals surface area contributed by atoms with E-state index in [9.17, 15) is 9.90 Å². The summed E-state index contributed by atoms with van der Waals surface area (Å²) in [6.07, 6.45) is 4.14. The number of benzene rings is 1. The number of carbonyl (C=O) groups is 1. The van der Waals surface area contributed by atoms with Crippen molar-refractivity contribution in [2.24, 2.45) is 0 Å². The van der Waals surface area contributed by atoms with E-state index >= 15 is 0 Å². The predicted octanol–water partition coefficient (Wildman–Crippen LogP) is 3.04. The number of nitrogens with one attached hydrogen (secondary N) is 2. The molecule has 0 spiro atoms. The van der Waals surface area contributed by atoms with Crippen molar-refractivity contribution in [3.8, 4) is 0 Å². The quantitative estimate of drug-likeness (QED) is 0.779. The van der Waals surface area contributed by atoms with Crippen LogP contribution >= 0.6 is 11.6 Å². The van der Waals surface area contributed by atoms with E-state index in [4.69, 9.17) is 11.6 Å². The number of pyridine rings is 1. The number of halogens is 1. The number of amides is 2. The van der Waals surface area contributed by atoms with Gasteiger partial charge in [-0.25, -0.2) is 4.79 Å². The first kappa shape index (κ1) is 16.7. The lowest BCUT2D eigenvalue weighted by molar-refractivity contribution is -0.0290. The summed E-state index contributed by atoms with van der Waals surface area (Å²) in [5, 5.41) is 16.4. The fourth-order valence-corrected chi connectivity index (χ4v) is 2.95. The molecule has 5 nitrogen and oxygen atoms in total. The second kappa shape index (κ2) is 7.20. The first-order chi connectivity index (χ1) is 11.6. The van der Waals surface area contributed by atoms with Crippen molar-refractivity contribution in [2.45, 2.75) is 30.9 Å². The van der Waals surface area contributed by atoms with Gasteiger partial charge in [0.25, 0.3) is 0 Å². The number of urea groups is 1. The van der Waals surface area contributed by atoms with Crippen molar-refractivity contribution in [2.75, 3.05) is 6.54 Å². The second-order valence-corrected chi connectivity index (χ2v) is 6.58. The molecule has 0 aliphatic heterocycles. The van der Waals surface area contributed by atoms with Gasteiger partial charge in [-0.2, -0.15) is 0 Å². The third-order valence-electron chi connectivity index (χ3n) is 4.30. The third kappa shape index (κ3) is 4.04. The van der Waals surface area contributed by atoms with Gasteiger partial charge in [0, 0.05) is 17.8 Å². The third-order valence-corrected chi connectivity index (χ3v) is 4.54. The van der Waals surface area contributed by atoms with Crippen LogP contribution in [0.2, 0.25) is 5.02 Å². The molecule has 2 amide bonds. The SMILES string of the molecule is O=C(NCC1(O)CCC1)NC(c1cccc(Cl)c1)c1ccccn1. The highest BCUT2D eigenvalue weighted by Gasteiger charge is 2.34. The monoisotopic (exact) mass is 345 g/mol. The molecule has 1 unspecified atom stereocenters. The summed E-state index contributed by atoms with van der Waals surface area (Å²) in [4.78, 5) is 16.6. The number of hydrogen-bond donors (Lipinski definition) is 3. The van der Waals surface area contributed by atoms with Gasteiger partial charge in [0.15, 0.2) is 0 Å². The summed E-state index contributed by atoms with van der Waals surface area (Å²) in [7, 11) is 0. The van der Waals surface area contributed by atoms with Crippen LogP contribution in [-0.4, -0.2) is 28.3 Å². The van der Waals surface area contributed by atoms with Crippen LogP contribution in [0.3, 0.4) is 0 Å². The van der Waals surface area contributed by atoms with E-state index in [0.29, 0.717) is 5.02 Å². The van der Waals surface area contributed by atoms with Gasteiger partial charge in [-0.05, 0) is 49.1 Å². The summed E-state index contributed by atoms with van der Waals surface area (Å²) in [6, 6.07) is 12.1. The van der Waals surface area contributed by atoms with E-state index in [0.717, 1.165) is 30.5 Å². The molecular weight excluding hydrogens is 326 g/mol. The van der Waals surface area contributed by atoms with Crippen LogP contribution in [0.1, 0.15) is 36.6 Å². The minimum absolute atomic E-state index is 0.253. The maximum Gasteiger partial charge on any atom is 0.315 e. The zero-order valence-electron chi connectivity index (χ0n) is 13.2. The Labute approximate surface area is 146 Å². The van der Waals surface area contributed by atoms with Crippen molar-refractivity contribution in [1.82, 2.24) is 15.6 Å². The Bertz CT molecular complexity index is 704. The molecule has 0 radical (unpaired) electrons. The fourth-order valence-electron chi connectivity index (χ4n) is 2.75. The second-order valence-electron chi connectivity index (χ2n) is 6.15. The zero-order valence-corrected chi connectivity index (χ0v) is 14.0. The normalized spacial score (nSPS) is 16.8. The number of rotatable bonds is 5. The lowest BCUT2D eigenvalue weighted by atomic mass is 9.80. The maximum absolute atomic E-state index is 12.3. The smallest absolute Gasteiger partial charge is 0.315 e. The van der Waals surface area contributed by atoms with Crippen molar-refractivity contribution in [1.29, 1.82) is 0 Å². The Morgan fingerprint density at radius 1 is 1.29 bits per heavy atom. The molecule has 1 aliphatic rings. The van der Waals surface area contributed by atoms with Crippen LogP contribution in [0.4, 0.5) is 4.79 Å². The highest BCUT2D eigenvalue weighted by Crippen LogP contribution is 2.30. The van der Waals surface area contributed by atoms with Gasteiger partial charge in [0.2, 0.25) is 0 Å². The molecule has 0 saturated heterocycles. The topological polar surface area (TPSA) is 74.2 Å². The van der Waals surface area contributed by atoms with E-state index in [2.05, 4.69) is 15.6 Å². The standard InChI is InChI=1S/C18H20ClN3O2/c19-14-6-3-5-13(11-14)16(15-7-1-2-10-20-15)22-17(23)21-12-18(24)8-4-9-18/h1-3,5-7,10-11,16,24H,4,8-9,12H2,(H2,21,22,23). The number of nitrogens with zero attached hydrogens (tertiary/aromatic N) is 1. The lowest BCUT2D eigenvalue weighted by Gasteiger charge is -2.36. The van der Waals surface area contributed by atoms with E-state index < -0.39 is 11.6 Å². The minimum Gasteiger partial charge on any atom is -0.388 e. The van der Waals surface area contributed by atoms with Gasteiger partial charge >= 0.3 is 6.03 Å². The largest absolute Gasteiger partial charge is 0.388 e. The summed E-state index contributed by atoms with van der Waals surface area (Å²) in [5.74, 6) is 0. The summed E-state index contributed by atoms with van der Waals surface area (Å²) < 4.78 is 0. The average Bonchev–Trinajstić information content (AvgIpc) is 2.57. The first-order valence-electron chi connectivity index (χ1n) is 7.99. The molecule has 3 N–H and O–H groups in total. The van der Waals surface area contributed by atoms with Crippen LogP contribution < -0.4 is 10.6 Å². The minimum atomic E-state index is -0.756. The Kier molecular flexibility index (Phi) is 5.02. The molecule has 126 valence electrons. The Morgan fingerprint density at radius 2 is 2.12 bits per heavy atom. The summed E-state index contributed by atoms with van der Waals surface area (Å²) in [6.45, 7) is 0.253. The van der Waals surface area contributed by atoms with Crippen molar-refractivity contribution in [3.05, 3.63) is 64.9 Å². The molecule has 1 atom stereocenters. The molecule has 3 rings (SSSR count). The highest BCUT2D eigenvalue weighted by molar-refractivity contribution is 6.30. The van der Waals surface area contributed by atoms with E-state index in [1.807, 2.05) is 30.3 Å². The van der Waals surface area contributed by atoms with Crippen LogP contribution in [0.15, 0.2) is 48.7 Å². The van der Waals surface area contributed by atoms with Crippen LogP contribution in [0.5, 0.6) is 0 Å². The number of carbonyl (C=O) groups excluding carboxylic acids is 1. The Balaban J connectivity index is 1.74. The van der Waals surface area contributed by atoms with E-state index in [-0.39, 0.29) is 12.6 Å². The van der Waals surface area contributed by atoms with Gasteiger partial charge in [-0.15, -0.1) is 0 Å². The van der Waals surface area contributed by atoms with Gasteiger partial charge in [0.05, 0.1) is 17.3 Å². The predicted molar refractivity (Wildman–Crippen MR) is 92.9 cm³/mol. The summed E-state index contributed by atoms with van der Waals surface area (Å²) in [5.41, 5.74) is 0.810. The molecule has 1 fully saturated rings. The van der Waals surface area contributed by atoms with Gasteiger partial charge in [-0.3, -0.25) is 4.98 Å². The van der Waals surface area contributed by atoms with Crippen molar-refractivity contribution in [3.63, 3.8) is 0 Å². The van der Waals surface area contributed by atoms with E-state index in [1.165, 1.54) is 0 Å². The molecular formula is C18H20ClN3O2. The number of aliphatic hydroxyl groups is 1. The first-order valence-corrected chi connectivity index (χ1v) is 8.37. The fraction of sp³-hybridized carbons (Fsp3) is 0.333. The van der Waals surface area contributed by atoms with Crippen LogP contribution in [-0.2, 0) is 0 Å². The van der Waals surface area contributed by atoms with Gasteiger partial charge in [-0.1, -0.05) is 29.8 Å². The Morgan fingerprint density at radius 3 is 2.75 bits per heavy atom. The summed E-state index contributed by atoms with van der Waals surface area (Å²) >= 11 is 6.08. The van der Waals surface area contributed by atoms with Gasteiger partial charge < -0.3 is 15.7 Å². The lowest BCUT2D eigenvalue weighted by Crippen LogP contribution is -2.50. The molecule has 1 aliphatic carbocycles. The number of aromatic nitrogens is 1. The average molecular weight is 346 g/mol. The molecule has 6 heteroatoms. The highest BCUT2D eigenvalue weighted by atomic mass is 35.5. The number of hydrogen-bond acceptors (Lipinski definition) is 3. The van der Waals surface area contributed by atoms with Crippen molar-refractivity contribution < 1.29 is 9.90 Å². The molecule has 1 heterocycles. The molecule has 2 aromatic rings. The maximum atomic E-state index is 12.3. The van der Waals surface area contributed by atoms with Crippen molar-refractivity contribution >= 4 is 17.6 Å². The van der Waals surface area contributed by atoms with E-state index in [1.54, 1.807) is 18.3 Å². The van der Waals surface area contributed by atoms with Gasteiger partial charge in [0.1, 0.15) is 0 Å². The molecule has 24 heavy (non-hydrogen) atoms. The molecule has 0 bridgehead atoms. The molecule has 1 aromatic heterocycles.